The molecule has 1 aromatic heterocycles. The van der Waals surface area contributed by atoms with Gasteiger partial charge in [0.05, 0.1) is 5.56 Å². The van der Waals surface area contributed by atoms with E-state index < -0.39 is 0 Å². The number of carbonyl (C=O) groups is 1. The maximum atomic E-state index is 12.8. The van der Waals surface area contributed by atoms with E-state index in [4.69, 9.17) is 0 Å². The van der Waals surface area contributed by atoms with Gasteiger partial charge in [0, 0.05) is 28.9 Å². The van der Waals surface area contributed by atoms with E-state index in [0.29, 0.717) is 6.04 Å². The molecule has 0 unspecified atom stereocenters. The average molecular weight is 374 g/mol. The number of hydrogen-bond donors (Lipinski definition) is 2. The van der Waals surface area contributed by atoms with Gasteiger partial charge in [-0.05, 0) is 49.8 Å². The van der Waals surface area contributed by atoms with Gasteiger partial charge in [0.25, 0.3) is 5.91 Å². The fraction of sp³-hybridized carbons (Fsp3) is 0.421. The minimum absolute atomic E-state index is 0.0585. The molecule has 0 saturated heterocycles. The Morgan fingerprint density at radius 3 is 2.68 bits per heavy atom. The van der Waals surface area contributed by atoms with Crippen molar-refractivity contribution < 1.29 is 4.79 Å². The van der Waals surface area contributed by atoms with Crippen LogP contribution >= 0.6 is 23.1 Å². The fourth-order valence-corrected chi connectivity index (χ4v) is 5.25. The van der Waals surface area contributed by atoms with Crippen molar-refractivity contribution in [2.24, 2.45) is 0 Å². The van der Waals surface area contributed by atoms with Crippen LogP contribution < -0.4 is 10.6 Å². The van der Waals surface area contributed by atoms with Gasteiger partial charge in [-0.25, -0.2) is 0 Å². The summed E-state index contributed by atoms with van der Waals surface area (Å²) in [6.07, 6.45) is 2.87. The van der Waals surface area contributed by atoms with Gasteiger partial charge in [0.15, 0.2) is 0 Å². The van der Waals surface area contributed by atoms with E-state index in [9.17, 15) is 4.79 Å². The summed E-state index contributed by atoms with van der Waals surface area (Å²) in [4.78, 5) is 17.8. The van der Waals surface area contributed by atoms with Gasteiger partial charge in [-0.2, -0.15) is 0 Å². The molecule has 2 aromatic rings. The lowest BCUT2D eigenvalue weighted by molar-refractivity contribution is 0.0934. The molecule has 4 nitrogen and oxygen atoms in total. The van der Waals surface area contributed by atoms with E-state index in [1.807, 2.05) is 0 Å². The van der Waals surface area contributed by atoms with E-state index in [2.05, 4.69) is 59.9 Å². The highest BCUT2D eigenvalue weighted by Crippen LogP contribution is 2.41. The molecular formula is C19H23N3OS2. The third-order valence-corrected chi connectivity index (χ3v) is 6.94. The van der Waals surface area contributed by atoms with Crippen molar-refractivity contribution in [3.63, 3.8) is 0 Å². The van der Waals surface area contributed by atoms with Crippen LogP contribution in [0, 0.1) is 0 Å². The van der Waals surface area contributed by atoms with Crippen LogP contribution in [0.15, 0.2) is 29.2 Å². The smallest absolute Gasteiger partial charge is 0.256 e. The molecule has 0 spiro atoms. The number of nitrogens with one attached hydrogen (secondary N) is 2. The largest absolute Gasteiger partial charge is 0.353 e. The Hall–Kier alpha value is -1.50. The van der Waals surface area contributed by atoms with E-state index in [1.54, 1.807) is 23.1 Å². The molecule has 1 aromatic carbocycles. The van der Waals surface area contributed by atoms with Crippen LogP contribution in [0.5, 0.6) is 0 Å². The van der Waals surface area contributed by atoms with E-state index in [1.165, 1.54) is 15.3 Å². The summed E-state index contributed by atoms with van der Waals surface area (Å²) < 4.78 is 0. The lowest BCUT2D eigenvalue weighted by atomic mass is 9.99. The van der Waals surface area contributed by atoms with Crippen molar-refractivity contribution in [2.45, 2.75) is 43.9 Å². The molecule has 0 fully saturated rings. The van der Waals surface area contributed by atoms with Crippen LogP contribution in [0.4, 0.5) is 5.00 Å². The number of nitrogens with zero attached hydrogens (tertiary/aromatic N) is 1. The van der Waals surface area contributed by atoms with Crippen molar-refractivity contribution in [2.75, 3.05) is 18.1 Å². The average Bonchev–Trinajstić information content (AvgIpc) is 2.99. The Kier molecular flexibility index (Phi) is 4.52. The molecule has 1 atom stereocenters. The summed E-state index contributed by atoms with van der Waals surface area (Å²) in [5, 5.41) is 7.70. The monoisotopic (exact) mass is 373 g/mol. The first-order chi connectivity index (χ1) is 12.1. The number of carbonyl (C=O) groups excluding carboxylic acids is 1. The maximum absolute atomic E-state index is 12.8. The zero-order valence-electron chi connectivity index (χ0n) is 14.8. The maximum Gasteiger partial charge on any atom is 0.256 e. The standard InChI is InChI=1S/C19H23N3OS2/c1-11(2)22-9-8-14-15(10-22)25-19-16(14)18(23)20-17(21-19)12-4-6-13(24-3)7-5-12/h4-7,11,17,21H,8-10H2,1-3H3,(H,20,23)/t17-/m1/s1. The Labute approximate surface area is 157 Å². The molecule has 0 radical (unpaired) electrons. The minimum Gasteiger partial charge on any atom is -0.353 e. The number of hydrogen-bond acceptors (Lipinski definition) is 5. The van der Waals surface area contributed by atoms with Crippen LogP contribution in [0.2, 0.25) is 0 Å². The van der Waals surface area contributed by atoms with Gasteiger partial charge < -0.3 is 10.6 Å². The van der Waals surface area contributed by atoms with Crippen LogP contribution in [0.3, 0.4) is 0 Å². The predicted octanol–water partition coefficient (Wildman–Crippen LogP) is 4.09. The van der Waals surface area contributed by atoms with Crippen molar-refractivity contribution in [3.05, 3.63) is 45.8 Å². The molecule has 6 heteroatoms. The van der Waals surface area contributed by atoms with Crippen molar-refractivity contribution in [3.8, 4) is 0 Å². The fourth-order valence-electron chi connectivity index (χ4n) is 3.54. The summed E-state index contributed by atoms with van der Waals surface area (Å²) in [6.45, 7) is 6.45. The summed E-state index contributed by atoms with van der Waals surface area (Å²) in [5.41, 5.74) is 3.21. The van der Waals surface area contributed by atoms with Crippen LogP contribution in [-0.4, -0.2) is 29.6 Å². The third kappa shape index (κ3) is 3.07. The molecule has 2 N–H and O–H groups in total. The van der Waals surface area contributed by atoms with Crippen LogP contribution in [0.25, 0.3) is 0 Å². The van der Waals surface area contributed by atoms with Gasteiger partial charge in [-0.1, -0.05) is 12.1 Å². The van der Waals surface area contributed by atoms with E-state index in [-0.39, 0.29) is 12.1 Å². The first kappa shape index (κ1) is 16.9. The number of benzene rings is 1. The number of fused-ring (bicyclic) bond motifs is 3. The second kappa shape index (κ2) is 6.67. The number of thiophene rings is 1. The first-order valence-electron chi connectivity index (χ1n) is 8.66. The van der Waals surface area contributed by atoms with Crippen molar-refractivity contribution in [1.29, 1.82) is 0 Å². The molecule has 25 heavy (non-hydrogen) atoms. The lowest BCUT2D eigenvalue weighted by Gasteiger charge is -2.31. The highest BCUT2D eigenvalue weighted by molar-refractivity contribution is 7.98. The van der Waals surface area contributed by atoms with E-state index in [0.717, 1.165) is 35.6 Å². The Morgan fingerprint density at radius 1 is 1.24 bits per heavy atom. The highest BCUT2D eigenvalue weighted by atomic mass is 32.2. The highest BCUT2D eigenvalue weighted by Gasteiger charge is 2.33. The van der Waals surface area contributed by atoms with Gasteiger partial charge in [0.1, 0.15) is 11.2 Å². The quantitative estimate of drug-likeness (QED) is 0.796. The first-order valence-corrected chi connectivity index (χ1v) is 10.7. The zero-order chi connectivity index (χ0) is 17.6. The van der Waals surface area contributed by atoms with Gasteiger partial charge in [0.2, 0.25) is 0 Å². The number of rotatable bonds is 3. The molecule has 2 aliphatic heterocycles. The molecule has 1 amide bonds. The molecule has 4 rings (SSSR count). The van der Waals surface area contributed by atoms with Gasteiger partial charge in [-0.3, -0.25) is 9.69 Å². The lowest BCUT2D eigenvalue weighted by Crippen LogP contribution is -2.39. The summed E-state index contributed by atoms with van der Waals surface area (Å²) in [6, 6.07) is 8.91. The van der Waals surface area contributed by atoms with Gasteiger partial charge in [-0.15, -0.1) is 23.1 Å². The zero-order valence-corrected chi connectivity index (χ0v) is 16.4. The summed E-state index contributed by atoms with van der Waals surface area (Å²) in [7, 11) is 0. The predicted molar refractivity (Wildman–Crippen MR) is 106 cm³/mol. The molecule has 132 valence electrons. The van der Waals surface area contributed by atoms with Crippen LogP contribution in [-0.2, 0) is 13.0 Å². The minimum atomic E-state index is -0.155. The SMILES string of the molecule is CSc1ccc([C@@H]2NC(=O)c3c(sc4c3CCN(C(C)C)C4)N2)cc1. The Bertz CT molecular complexity index is 798. The molecule has 0 bridgehead atoms. The third-order valence-electron chi connectivity index (χ3n) is 5.04. The Balaban J connectivity index is 1.62. The normalized spacial score (nSPS) is 20.0. The topological polar surface area (TPSA) is 44.4 Å². The summed E-state index contributed by atoms with van der Waals surface area (Å²) >= 11 is 3.47. The molecule has 0 saturated carbocycles. The second-order valence-electron chi connectivity index (χ2n) is 6.85. The number of thioether (sulfide) groups is 1. The van der Waals surface area contributed by atoms with Gasteiger partial charge >= 0.3 is 0 Å². The molecule has 3 heterocycles. The second-order valence-corrected chi connectivity index (χ2v) is 8.83. The number of amides is 1. The molecule has 0 aliphatic carbocycles. The van der Waals surface area contributed by atoms with Crippen molar-refractivity contribution >= 4 is 34.0 Å². The van der Waals surface area contributed by atoms with Crippen molar-refractivity contribution in [1.82, 2.24) is 10.2 Å². The molecular weight excluding hydrogens is 350 g/mol. The van der Waals surface area contributed by atoms with Crippen LogP contribution in [0.1, 0.15) is 46.4 Å². The number of anilines is 1. The van der Waals surface area contributed by atoms with E-state index >= 15 is 0 Å². The molecule has 2 aliphatic rings. The Morgan fingerprint density at radius 2 is 2.00 bits per heavy atom. The summed E-state index contributed by atoms with van der Waals surface area (Å²) in [5.74, 6) is 0.0585.